The minimum Gasteiger partial charge on any atom is -0.376 e. The van der Waals surface area contributed by atoms with Gasteiger partial charge in [-0.1, -0.05) is 36.4 Å². The van der Waals surface area contributed by atoms with E-state index in [-0.39, 0.29) is 0 Å². The maximum Gasteiger partial charge on any atom is 0.0611 e. The SMILES string of the molecule is C=C(NCc1cccc(C)c1Cl)SCCN. The van der Waals surface area contributed by atoms with E-state index < -0.39 is 0 Å². The molecule has 16 heavy (non-hydrogen) atoms. The van der Waals surface area contributed by atoms with E-state index in [2.05, 4.69) is 11.9 Å². The van der Waals surface area contributed by atoms with Crippen molar-refractivity contribution in [3.8, 4) is 0 Å². The second-order valence-electron chi connectivity index (χ2n) is 3.46. The third-order valence-electron chi connectivity index (χ3n) is 2.14. The molecule has 0 aliphatic carbocycles. The fourth-order valence-corrected chi connectivity index (χ4v) is 2.00. The molecule has 0 aliphatic rings. The quantitative estimate of drug-likeness (QED) is 0.822. The lowest BCUT2D eigenvalue weighted by Gasteiger charge is -2.10. The van der Waals surface area contributed by atoms with Gasteiger partial charge < -0.3 is 11.1 Å². The van der Waals surface area contributed by atoms with Crippen LogP contribution in [0.4, 0.5) is 0 Å². The monoisotopic (exact) mass is 256 g/mol. The minimum absolute atomic E-state index is 0.663. The summed E-state index contributed by atoms with van der Waals surface area (Å²) in [4.78, 5) is 0. The summed E-state index contributed by atoms with van der Waals surface area (Å²) >= 11 is 7.82. The normalized spacial score (nSPS) is 10.2. The third-order valence-corrected chi connectivity index (χ3v) is 3.62. The van der Waals surface area contributed by atoms with E-state index in [1.807, 2.05) is 25.1 Å². The van der Waals surface area contributed by atoms with E-state index in [9.17, 15) is 0 Å². The number of hydrogen-bond donors (Lipinski definition) is 2. The van der Waals surface area contributed by atoms with Crippen molar-refractivity contribution in [2.24, 2.45) is 5.73 Å². The molecule has 0 saturated heterocycles. The van der Waals surface area contributed by atoms with Crippen molar-refractivity contribution in [2.75, 3.05) is 12.3 Å². The van der Waals surface area contributed by atoms with Gasteiger partial charge in [0, 0.05) is 23.9 Å². The van der Waals surface area contributed by atoms with E-state index in [1.165, 1.54) is 0 Å². The molecule has 88 valence electrons. The van der Waals surface area contributed by atoms with Gasteiger partial charge in [-0.15, -0.1) is 11.8 Å². The Labute approximate surface area is 106 Å². The van der Waals surface area contributed by atoms with Gasteiger partial charge in [0.25, 0.3) is 0 Å². The molecule has 4 heteroatoms. The summed E-state index contributed by atoms with van der Waals surface area (Å²) in [5, 5.41) is 4.99. The molecule has 0 fully saturated rings. The Kier molecular flexibility index (Phi) is 5.74. The first kappa shape index (κ1) is 13.4. The molecular formula is C12H17ClN2S. The Balaban J connectivity index is 2.48. The fraction of sp³-hybridized carbons (Fsp3) is 0.333. The van der Waals surface area contributed by atoms with Gasteiger partial charge in [-0.25, -0.2) is 0 Å². The average Bonchev–Trinajstić information content (AvgIpc) is 2.28. The van der Waals surface area contributed by atoms with Crippen LogP contribution in [0.15, 0.2) is 29.8 Å². The number of aryl methyl sites for hydroxylation is 1. The van der Waals surface area contributed by atoms with Gasteiger partial charge in [0.05, 0.1) is 5.03 Å². The number of thioether (sulfide) groups is 1. The molecule has 0 aliphatic heterocycles. The third kappa shape index (κ3) is 4.08. The van der Waals surface area contributed by atoms with E-state index in [0.29, 0.717) is 13.1 Å². The van der Waals surface area contributed by atoms with Crippen LogP contribution in [0, 0.1) is 6.92 Å². The number of nitrogens with two attached hydrogens (primary N) is 1. The summed E-state index contributed by atoms with van der Waals surface area (Å²) in [7, 11) is 0. The number of benzene rings is 1. The lowest BCUT2D eigenvalue weighted by atomic mass is 10.1. The first-order valence-electron chi connectivity index (χ1n) is 5.14. The highest BCUT2D eigenvalue weighted by Gasteiger charge is 2.02. The van der Waals surface area contributed by atoms with Gasteiger partial charge in [-0.2, -0.15) is 0 Å². The summed E-state index contributed by atoms with van der Waals surface area (Å²) in [6.45, 7) is 7.28. The highest BCUT2D eigenvalue weighted by atomic mass is 35.5. The molecule has 0 bridgehead atoms. The van der Waals surface area contributed by atoms with Crippen molar-refractivity contribution < 1.29 is 0 Å². The van der Waals surface area contributed by atoms with Crippen LogP contribution in [-0.4, -0.2) is 12.3 Å². The Hall–Kier alpha value is -0.640. The lowest BCUT2D eigenvalue weighted by Crippen LogP contribution is -2.12. The predicted octanol–water partition coefficient (Wildman–Crippen LogP) is 2.90. The van der Waals surface area contributed by atoms with Crippen LogP contribution in [0.5, 0.6) is 0 Å². The summed E-state index contributed by atoms with van der Waals surface area (Å²) in [6.07, 6.45) is 0. The average molecular weight is 257 g/mol. The molecule has 1 rings (SSSR count). The summed E-state index contributed by atoms with van der Waals surface area (Å²) in [6, 6.07) is 6.03. The van der Waals surface area contributed by atoms with Crippen LogP contribution < -0.4 is 11.1 Å². The van der Waals surface area contributed by atoms with Crippen LogP contribution >= 0.6 is 23.4 Å². The first-order valence-corrected chi connectivity index (χ1v) is 6.51. The van der Waals surface area contributed by atoms with Crippen molar-refractivity contribution in [3.05, 3.63) is 46.0 Å². The minimum atomic E-state index is 0.663. The number of rotatable bonds is 6. The van der Waals surface area contributed by atoms with E-state index in [0.717, 1.165) is 26.9 Å². The number of nitrogens with one attached hydrogen (secondary N) is 1. The zero-order chi connectivity index (χ0) is 12.0. The topological polar surface area (TPSA) is 38.0 Å². The van der Waals surface area contributed by atoms with Gasteiger partial charge >= 0.3 is 0 Å². The van der Waals surface area contributed by atoms with Crippen LogP contribution in [0.2, 0.25) is 5.02 Å². The number of hydrogen-bond acceptors (Lipinski definition) is 3. The Morgan fingerprint density at radius 1 is 1.56 bits per heavy atom. The molecule has 0 radical (unpaired) electrons. The fourth-order valence-electron chi connectivity index (χ4n) is 1.27. The smallest absolute Gasteiger partial charge is 0.0611 e. The molecule has 3 N–H and O–H groups in total. The van der Waals surface area contributed by atoms with Gasteiger partial charge in [0.15, 0.2) is 0 Å². The Morgan fingerprint density at radius 3 is 3.00 bits per heavy atom. The first-order chi connectivity index (χ1) is 7.65. The number of halogens is 1. The van der Waals surface area contributed by atoms with Crippen molar-refractivity contribution in [2.45, 2.75) is 13.5 Å². The molecule has 1 aromatic rings. The van der Waals surface area contributed by atoms with Crippen molar-refractivity contribution in [1.29, 1.82) is 0 Å². The van der Waals surface area contributed by atoms with Crippen molar-refractivity contribution in [1.82, 2.24) is 5.32 Å². The highest BCUT2D eigenvalue weighted by molar-refractivity contribution is 8.03. The van der Waals surface area contributed by atoms with Crippen molar-refractivity contribution >= 4 is 23.4 Å². The lowest BCUT2D eigenvalue weighted by molar-refractivity contribution is 0.858. The van der Waals surface area contributed by atoms with Crippen LogP contribution in [0.3, 0.4) is 0 Å². The molecule has 0 spiro atoms. The summed E-state index contributed by atoms with van der Waals surface area (Å²) in [5.41, 5.74) is 7.61. The summed E-state index contributed by atoms with van der Waals surface area (Å²) in [5.74, 6) is 0.882. The molecule has 0 aromatic heterocycles. The maximum atomic E-state index is 6.18. The van der Waals surface area contributed by atoms with Gasteiger partial charge in [-0.05, 0) is 18.1 Å². The van der Waals surface area contributed by atoms with E-state index in [1.54, 1.807) is 11.8 Å². The molecule has 0 atom stereocenters. The molecule has 0 saturated carbocycles. The van der Waals surface area contributed by atoms with Gasteiger partial charge in [-0.3, -0.25) is 0 Å². The van der Waals surface area contributed by atoms with Crippen molar-refractivity contribution in [3.63, 3.8) is 0 Å². The standard InChI is InChI=1S/C12H17ClN2S/c1-9-4-3-5-11(12(9)13)8-15-10(2)16-7-6-14/h3-5,15H,2,6-8,14H2,1H3. The van der Waals surface area contributed by atoms with Crippen LogP contribution in [-0.2, 0) is 6.54 Å². The summed E-state index contributed by atoms with van der Waals surface area (Å²) < 4.78 is 0. The zero-order valence-electron chi connectivity index (χ0n) is 9.42. The van der Waals surface area contributed by atoms with E-state index >= 15 is 0 Å². The van der Waals surface area contributed by atoms with E-state index in [4.69, 9.17) is 17.3 Å². The van der Waals surface area contributed by atoms with Gasteiger partial charge in [0.1, 0.15) is 0 Å². The second-order valence-corrected chi connectivity index (χ2v) is 5.03. The zero-order valence-corrected chi connectivity index (χ0v) is 11.0. The molecule has 1 aromatic carbocycles. The Morgan fingerprint density at radius 2 is 2.31 bits per heavy atom. The maximum absolute atomic E-state index is 6.18. The molecule has 2 nitrogen and oxygen atoms in total. The second kappa shape index (κ2) is 6.84. The molecule has 0 amide bonds. The predicted molar refractivity (Wildman–Crippen MR) is 73.7 cm³/mol. The van der Waals surface area contributed by atoms with Crippen LogP contribution in [0.1, 0.15) is 11.1 Å². The highest BCUT2D eigenvalue weighted by Crippen LogP contribution is 2.20. The molecule has 0 heterocycles. The molecule has 0 unspecified atom stereocenters. The Bertz CT molecular complexity index is 366. The van der Waals surface area contributed by atoms with Crippen LogP contribution in [0.25, 0.3) is 0 Å². The van der Waals surface area contributed by atoms with Gasteiger partial charge in [0.2, 0.25) is 0 Å². The molecular weight excluding hydrogens is 240 g/mol. The largest absolute Gasteiger partial charge is 0.376 e.